The summed E-state index contributed by atoms with van der Waals surface area (Å²) in [4.78, 5) is 0. The van der Waals surface area contributed by atoms with Crippen LogP contribution in [0.3, 0.4) is 0 Å². The van der Waals surface area contributed by atoms with Crippen LogP contribution in [0, 0.1) is 13.8 Å². The van der Waals surface area contributed by atoms with Crippen molar-refractivity contribution in [1.82, 2.24) is 0 Å². The van der Waals surface area contributed by atoms with Crippen LogP contribution in [-0.4, -0.2) is 7.11 Å². The van der Waals surface area contributed by atoms with Gasteiger partial charge in [0.25, 0.3) is 0 Å². The maximum absolute atomic E-state index is 5.24. The molecule has 0 heterocycles. The number of benzene rings is 2. The summed E-state index contributed by atoms with van der Waals surface area (Å²) >= 11 is 3.54. The molecule has 0 bridgehead atoms. The SMILES string of the molecule is COc1ccc(Br)c(NCc2cc(C)cc(C)c2)c1. The van der Waals surface area contributed by atoms with Crippen LogP contribution in [0.25, 0.3) is 0 Å². The summed E-state index contributed by atoms with van der Waals surface area (Å²) in [5.74, 6) is 0.853. The van der Waals surface area contributed by atoms with Gasteiger partial charge in [0, 0.05) is 17.1 Å². The van der Waals surface area contributed by atoms with E-state index >= 15 is 0 Å². The summed E-state index contributed by atoms with van der Waals surface area (Å²) in [6, 6.07) is 12.5. The van der Waals surface area contributed by atoms with Crippen LogP contribution in [0.2, 0.25) is 0 Å². The molecule has 0 aliphatic carbocycles. The Morgan fingerprint density at radius 1 is 1.05 bits per heavy atom. The maximum atomic E-state index is 5.24. The highest BCUT2D eigenvalue weighted by atomic mass is 79.9. The molecule has 2 aromatic carbocycles. The van der Waals surface area contributed by atoms with Gasteiger partial charge in [-0.15, -0.1) is 0 Å². The molecule has 2 rings (SSSR count). The van der Waals surface area contributed by atoms with Crippen molar-refractivity contribution in [2.45, 2.75) is 20.4 Å². The molecular formula is C16H18BrNO. The molecular weight excluding hydrogens is 302 g/mol. The zero-order chi connectivity index (χ0) is 13.8. The smallest absolute Gasteiger partial charge is 0.121 e. The highest BCUT2D eigenvalue weighted by molar-refractivity contribution is 9.10. The van der Waals surface area contributed by atoms with Gasteiger partial charge in [0.1, 0.15) is 5.75 Å². The fourth-order valence-electron chi connectivity index (χ4n) is 2.14. The van der Waals surface area contributed by atoms with E-state index in [0.29, 0.717) is 0 Å². The van der Waals surface area contributed by atoms with Crippen LogP contribution in [-0.2, 0) is 6.54 Å². The standard InChI is InChI=1S/C16H18BrNO/c1-11-6-12(2)8-13(7-11)10-18-16-9-14(19-3)4-5-15(16)17/h4-9,18H,10H2,1-3H3. The first-order chi connectivity index (χ1) is 9.08. The van der Waals surface area contributed by atoms with E-state index in [0.717, 1.165) is 22.5 Å². The summed E-state index contributed by atoms with van der Waals surface area (Å²) in [6.07, 6.45) is 0. The Hall–Kier alpha value is -1.48. The van der Waals surface area contributed by atoms with Gasteiger partial charge in [-0.3, -0.25) is 0 Å². The van der Waals surface area contributed by atoms with Crippen molar-refractivity contribution in [1.29, 1.82) is 0 Å². The summed E-state index contributed by atoms with van der Waals surface area (Å²) in [5.41, 5.74) is 4.91. The van der Waals surface area contributed by atoms with Gasteiger partial charge in [-0.2, -0.15) is 0 Å². The number of aryl methyl sites for hydroxylation is 2. The van der Waals surface area contributed by atoms with Crippen LogP contribution in [0.1, 0.15) is 16.7 Å². The third-order valence-corrected chi connectivity index (χ3v) is 3.63. The predicted molar refractivity (Wildman–Crippen MR) is 83.9 cm³/mol. The van der Waals surface area contributed by atoms with Crippen LogP contribution < -0.4 is 10.1 Å². The monoisotopic (exact) mass is 319 g/mol. The third-order valence-electron chi connectivity index (χ3n) is 2.94. The van der Waals surface area contributed by atoms with Gasteiger partial charge in [0.05, 0.1) is 12.8 Å². The van der Waals surface area contributed by atoms with Crippen molar-refractivity contribution in [2.24, 2.45) is 0 Å². The Labute approximate surface area is 122 Å². The Balaban J connectivity index is 2.13. The Morgan fingerprint density at radius 3 is 2.37 bits per heavy atom. The summed E-state index contributed by atoms with van der Waals surface area (Å²) in [6.45, 7) is 5.05. The molecule has 3 heteroatoms. The van der Waals surface area contributed by atoms with E-state index < -0.39 is 0 Å². The van der Waals surface area contributed by atoms with Crippen LogP contribution in [0.4, 0.5) is 5.69 Å². The van der Waals surface area contributed by atoms with Gasteiger partial charge in [-0.25, -0.2) is 0 Å². The fraction of sp³-hybridized carbons (Fsp3) is 0.250. The highest BCUT2D eigenvalue weighted by Crippen LogP contribution is 2.27. The molecule has 0 fully saturated rings. The van der Waals surface area contributed by atoms with E-state index in [9.17, 15) is 0 Å². The molecule has 2 aromatic rings. The highest BCUT2D eigenvalue weighted by Gasteiger charge is 2.02. The zero-order valence-electron chi connectivity index (χ0n) is 11.5. The second-order valence-corrected chi connectivity index (χ2v) is 5.55. The lowest BCUT2D eigenvalue weighted by atomic mass is 10.1. The molecule has 0 atom stereocenters. The van der Waals surface area contributed by atoms with Crippen molar-refractivity contribution in [3.8, 4) is 5.75 Å². The first-order valence-corrected chi connectivity index (χ1v) is 7.02. The Bertz CT molecular complexity index is 561. The maximum Gasteiger partial charge on any atom is 0.121 e. The molecule has 0 aliphatic rings. The van der Waals surface area contributed by atoms with Crippen LogP contribution >= 0.6 is 15.9 Å². The second-order valence-electron chi connectivity index (χ2n) is 4.70. The van der Waals surface area contributed by atoms with E-state index in [1.165, 1.54) is 16.7 Å². The molecule has 0 saturated carbocycles. The number of ether oxygens (including phenoxy) is 1. The van der Waals surface area contributed by atoms with Gasteiger partial charge < -0.3 is 10.1 Å². The second kappa shape index (κ2) is 6.11. The lowest BCUT2D eigenvalue weighted by molar-refractivity contribution is 0.415. The average molecular weight is 320 g/mol. The minimum atomic E-state index is 0.800. The molecule has 0 amide bonds. The molecule has 0 aromatic heterocycles. The van der Waals surface area contributed by atoms with Crippen molar-refractivity contribution in [3.05, 3.63) is 57.6 Å². The molecule has 0 unspecified atom stereocenters. The molecule has 100 valence electrons. The molecule has 2 nitrogen and oxygen atoms in total. The minimum absolute atomic E-state index is 0.800. The van der Waals surface area contributed by atoms with E-state index in [2.05, 4.69) is 53.3 Å². The van der Waals surface area contributed by atoms with Crippen LogP contribution in [0.15, 0.2) is 40.9 Å². The van der Waals surface area contributed by atoms with Crippen molar-refractivity contribution >= 4 is 21.6 Å². The number of nitrogens with one attached hydrogen (secondary N) is 1. The number of rotatable bonds is 4. The Kier molecular flexibility index (Phi) is 4.48. The van der Waals surface area contributed by atoms with E-state index in [4.69, 9.17) is 4.74 Å². The quantitative estimate of drug-likeness (QED) is 0.883. The molecule has 0 aliphatic heterocycles. The lowest BCUT2D eigenvalue weighted by Crippen LogP contribution is -2.01. The lowest BCUT2D eigenvalue weighted by Gasteiger charge is -2.11. The minimum Gasteiger partial charge on any atom is -0.497 e. The summed E-state index contributed by atoms with van der Waals surface area (Å²) in [5, 5.41) is 3.43. The van der Waals surface area contributed by atoms with E-state index in [1.807, 2.05) is 18.2 Å². The number of hydrogen-bond donors (Lipinski definition) is 1. The number of hydrogen-bond acceptors (Lipinski definition) is 2. The topological polar surface area (TPSA) is 21.3 Å². The van der Waals surface area contributed by atoms with E-state index in [1.54, 1.807) is 7.11 Å². The largest absolute Gasteiger partial charge is 0.497 e. The van der Waals surface area contributed by atoms with Gasteiger partial charge in [-0.05, 0) is 47.5 Å². The zero-order valence-corrected chi connectivity index (χ0v) is 13.0. The van der Waals surface area contributed by atoms with Crippen molar-refractivity contribution in [3.63, 3.8) is 0 Å². The van der Waals surface area contributed by atoms with Gasteiger partial charge in [0.15, 0.2) is 0 Å². The third kappa shape index (κ3) is 3.74. The normalized spacial score (nSPS) is 10.3. The first kappa shape index (κ1) is 13.9. The summed E-state index contributed by atoms with van der Waals surface area (Å²) in [7, 11) is 1.68. The molecule has 1 N–H and O–H groups in total. The number of halogens is 1. The first-order valence-electron chi connectivity index (χ1n) is 6.23. The fourth-order valence-corrected chi connectivity index (χ4v) is 2.52. The predicted octanol–water partition coefficient (Wildman–Crippen LogP) is 4.69. The summed E-state index contributed by atoms with van der Waals surface area (Å²) < 4.78 is 6.28. The Morgan fingerprint density at radius 2 is 1.74 bits per heavy atom. The van der Waals surface area contributed by atoms with Gasteiger partial charge in [0.2, 0.25) is 0 Å². The number of methoxy groups -OCH3 is 1. The van der Waals surface area contributed by atoms with Crippen molar-refractivity contribution < 1.29 is 4.74 Å². The van der Waals surface area contributed by atoms with Crippen molar-refractivity contribution in [2.75, 3.05) is 12.4 Å². The van der Waals surface area contributed by atoms with Gasteiger partial charge >= 0.3 is 0 Å². The average Bonchev–Trinajstić information content (AvgIpc) is 2.37. The molecule has 0 spiro atoms. The molecule has 19 heavy (non-hydrogen) atoms. The molecule has 0 saturated heterocycles. The van der Waals surface area contributed by atoms with Gasteiger partial charge in [-0.1, -0.05) is 29.3 Å². The molecule has 0 radical (unpaired) electrons. The number of anilines is 1. The van der Waals surface area contributed by atoms with Crippen LogP contribution in [0.5, 0.6) is 5.75 Å². The van der Waals surface area contributed by atoms with E-state index in [-0.39, 0.29) is 0 Å².